The summed E-state index contributed by atoms with van der Waals surface area (Å²) in [7, 11) is 0. The van der Waals surface area contributed by atoms with E-state index in [1.807, 2.05) is 6.92 Å². The van der Waals surface area contributed by atoms with Gasteiger partial charge in [-0.3, -0.25) is 0 Å². The Morgan fingerprint density at radius 1 is 1.41 bits per heavy atom. The number of ether oxygens (including phenoxy) is 1. The first-order valence-corrected chi connectivity index (χ1v) is 6.98. The van der Waals surface area contributed by atoms with Crippen LogP contribution in [0, 0.1) is 17.3 Å². The van der Waals surface area contributed by atoms with E-state index in [2.05, 4.69) is 19.9 Å². The van der Waals surface area contributed by atoms with Gasteiger partial charge in [-0.25, -0.2) is 0 Å². The average molecular weight is 236 g/mol. The van der Waals surface area contributed by atoms with Gasteiger partial charge in [0.05, 0.1) is 18.3 Å². The first-order valence-electron chi connectivity index (χ1n) is 6.98. The van der Waals surface area contributed by atoms with Crippen molar-refractivity contribution in [1.82, 2.24) is 0 Å². The summed E-state index contributed by atoms with van der Waals surface area (Å²) in [5.41, 5.74) is 1.04. The summed E-state index contributed by atoms with van der Waals surface area (Å²) in [6.07, 6.45) is 7.36. The van der Waals surface area contributed by atoms with Gasteiger partial charge in [0.2, 0.25) is 0 Å². The quantitative estimate of drug-likeness (QED) is 0.655. The lowest BCUT2D eigenvalue weighted by molar-refractivity contribution is -0.209. The fraction of sp³-hybridized carbons (Fsp3) is 0.867. The van der Waals surface area contributed by atoms with Gasteiger partial charge in [-0.2, -0.15) is 0 Å². The lowest BCUT2D eigenvalue weighted by Gasteiger charge is -2.55. The summed E-state index contributed by atoms with van der Waals surface area (Å²) < 4.78 is 6.02. The minimum atomic E-state index is -0.625. The highest BCUT2D eigenvalue weighted by atomic mass is 16.5. The third-order valence-electron chi connectivity index (χ3n) is 5.68. The summed E-state index contributed by atoms with van der Waals surface area (Å²) >= 11 is 0. The van der Waals surface area contributed by atoms with Gasteiger partial charge in [0.25, 0.3) is 0 Å². The molecular weight excluding hydrogens is 212 g/mol. The molecule has 0 bridgehead atoms. The molecule has 2 aliphatic carbocycles. The Balaban J connectivity index is 2.05. The van der Waals surface area contributed by atoms with Crippen LogP contribution >= 0.6 is 0 Å². The Bertz CT molecular complexity index is 358. The van der Waals surface area contributed by atoms with Crippen LogP contribution in [-0.4, -0.2) is 23.4 Å². The molecule has 17 heavy (non-hydrogen) atoms. The predicted octanol–water partition coefficient (Wildman–Crippen LogP) is 2.91. The van der Waals surface area contributed by atoms with E-state index >= 15 is 0 Å². The Labute approximate surface area is 104 Å². The highest BCUT2D eigenvalue weighted by Gasteiger charge is 2.61. The van der Waals surface area contributed by atoms with Gasteiger partial charge in [0.15, 0.2) is 0 Å². The van der Waals surface area contributed by atoms with Gasteiger partial charge in [-0.1, -0.05) is 18.6 Å². The van der Waals surface area contributed by atoms with E-state index in [1.165, 1.54) is 31.3 Å². The second-order valence-electron chi connectivity index (χ2n) is 6.75. The normalized spacial score (nSPS) is 53.9. The van der Waals surface area contributed by atoms with Crippen LogP contribution in [0.3, 0.4) is 0 Å². The van der Waals surface area contributed by atoms with Crippen molar-refractivity contribution < 1.29 is 9.84 Å². The van der Waals surface area contributed by atoms with Crippen molar-refractivity contribution in [1.29, 1.82) is 0 Å². The molecule has 0 aromatic carbocycles. The largest absolute Gasteiger partial charge is 0.387 e. The molecule has 2 nitrogen and oxygen atoms in total. The maximum Gasteiger partial charge on any atom is 0.0886 e. The van der Waals surface area contributed by atoms with E-state index in [0.717, 1.165) is 0 Å². The van der Waals surface area contributed by atoms with Crippen LogP contribution in [0.15, 0.2) is 11.6 Å². The number of rotatable bonds is 0. The topological polar surface area (TPSA) is 29.5 Å². The third-order valence-corrected chi connectivity index (χ3v) is 5.68. The molecule has 2 heteroatoms. The molecule has 3 rings (SSSR count). The van der Waals surface area contributed by atoms with Gasteiger partial charge >= 0.3 is 0 Å². The zero-order valence-corrected chi connectivity index (χ0v) is 11.2. The molecule has 0 aromatic heterocycles. The number of allylic oxidation sites excluding steroid dienone is 1. The predicted molar refractivity (Wildman–Crippen MR) is 67.7 cm³/mol. The third kappa shape index (κ3) is 1.47. The zero-order valence-electron chi connectivity index (χ0n) is 11.2. The molecule has 96 valence electrons. The SMILES string of the molecule is CC1=C[C@H]2OC[C@](C)(O)[C@@H]3CC[C@@H](C)[C@@]32CC1. The fourth-order valence-electron chi connectivity index (χ4n) is 4.70. The first-order chi connectivity index (χ1) is 7.97. The first kappa shape index (κ1) is 11.7. The van der Waals surface area contributed by atoms with E-state index in [4.69, 9.17) is 4.74 Å². The zero-order chi connectivity index (χ0) is 12.3. The van der Waals surface area contributed by atoms with Crippen molar-refractivity contribution in [2.45, 2.75) is 58.2 Å². The number of aliphatic hydroxyl groups is 1. The molecule has 1 saturated carbocycles. The molecule has 1 saturated heterocycles. The monoisotopic (exact) mass is 236 g/mol. The van der Waals surface area contributed by atoms with Crippen LogP contribution in [0.4, 0.5) is 0 Å². The number of hydrogen-bond acceptors (Lipinski definition) is 2. The molecule has 1 heterocycles. The standard InChI is InChI=1S/C15H24O2/c1-10-6-7-15-11(2)4-5-12(15)14(3,16)9-17-13(15)8-10/h8,11-13,16H,4-7,9H2,1-3H3/t11-,12+,13-,14+,15+/m1/s1. The van der Waals surface area contributed by atoms with Crippen molar-refractivity contribution >= 4 is 0 Å². The van der Waals surface area contributed by atoms with Crippen molar-refractivity contribution in [3.05, 3.63) is 11.6 Å². The van der Waals surface area contributed by atoms with E-state index < -0.39 is 5.60 Å². The lowest BCUT2D eigenvalue weighted by atomic mass is 9.57. The summed E-state index contributed by atoms with van der Waals surface area (Å²) in [6.45, 7) is 7.03. The summed E-state index contributed by atoms with van der Waals surface area (Å²) in [5, 5.41) is 10.6. The van der Waals surface area contributed by atoms with Gasteiger partial charge in [-0.15, -0.1) is 0 Å². The van der Waals surface area contributed by atoms with E-state index in [9.17, 15) is 5.11 Å². The minimum absolute atomic E-state index is 0.210. The van der Waals surface area contributed by atoms with E-state index in [0.29, 0.717) is 18.4 Å². The summed E-state index contributed by atoms with van der Waals surface area (Å²) in [5.74, 6) is 1.10. The smallest absolute Gasteiger partial charge is 0.0886 e. The Morgan fingerprint density at radius 2 is 2.18 bits per heavy atom. The Hall–Kier alpha value is -0.340. The molecule has 0 unspecified atom stereocenters. The van der Waals surface area contributed by atoms with Gasteiger partial charge in [-0.05, 0) is 51.4 Å². The Morgan fingerprint density at radius 3 is 2.94 bits per heavy atom. The summed E-state index contributed by atoms with van der Waals surface area (Å²) in [4.78, 5) is 0. The maximum atomic E-state index is 10.6. The molecule has 0 radical (unpaired) electrons. The highest BCUT2D eigenvalue weighted by Crippen LogP contribution is 2.61. The van der Waals surface area contributed by atoms with Crippen LogP contribution in [0.25, 0.3) is 0 Å². The van der Waals surface area contributed by atoms with Gasteiger partial charge < -0.3 is 9.84 Å². The van der Waals surface area contributed by atoms with Crippen LogP contribution < -0.4 is 0 Å². The van der Waals surface area contributed by atoms with E-state index in [1.54, 1.807) is 0 Å². The van der Waals surface area contributed by atoms with Crippen molar-refractivity contribution in [3.63, 3.8) is 0 Å². The minimum Gasteiger partial charge on any atom is -0.387 e. The van der Waals surface area contributed by atoms with Crippen LogP contribution in [-0.2, 0) is 4.74 Å². The lowest BCUT2D eigenvalue weighted by Crippen LogP contribution is -2.59. The van der Waals surface area contributed by atoms with E-state index in [-0.39, 0.29) is 11.5 Å². The molecule has 1 N–H and O–H groups in total. The van der Waals surface area contributed by atoms with Crippen LogP contribution in [0.5, 0.6) is 0 Å². The van der Waals surface area contributed by atoms with Crippen molar-refractivity contribution in [3.8, 4) is 0 Å². The second-order valence-corrected chi connectivity index (χ2v) is 6.75. The van der Waals surface area contributed by atoms with Gasteiger partial charge in [0, 0.05) is 5.41 Å². The molecule has 3 aliphatic rings. The van der Waals surface area contributed by atoms with Crippen molar-refractivity contribution in [2.24, 2.45) is 17.3 Å². The van der Waals surface area contributed by atoms with Crippen molar-refractivity contribution in [2.75, 3.05) is 6.61 Å². The van der Waals surface area contributed by atoms with Crippen LogP contribution in [0.1, 0.15) is 46.5 Å². The second kappa shape index (κ2) is 3.58. The molecule has 0 aromatic rings. The highest BCUT2D eigenvalue weighted by molar-refractivity contribution is 5.21. The summed E-state index contributed by atoms with van der Waals surface area (Å²) in [6, 6.07) is 0. The average Bonchev–Trinajstić information content (AvgIpc) is 2.60. The fourth-order valence-corrected chi connectivity index (χ4v) is 4.70. The maximum absolute atomic E-state index is 10.6. The molecule has 1 aliphatic heterocycles. The number of hydrogen-bond donors (Lipinski definition) is 1. The molecule has 5 atom stereocenters. The van der Waals surface area contributed by atoms with Gasteiger partial charge in [0.1, 0.15) is 0 Å². The Kier molecular flexibility index (Phi) is 2.47. The molecule has 2 fully saturated rings. The molecular formula is C15H24O2. The molecule has 0 amide bonds. The molecule has 1 spiro atoms. The van der Waals surface area contributed by atoms with Crippen LogP contribution in [0.2, 0.25) is 0 Å².